The molecule has 4 N–H and O–H groups in total. The third-order valence-corrected chi connectivity index (χ3v) is 3.05. The molecule has 1 aliphatic carbocycles. The fourth-order valence-corrected chi connectivity index (χ4v) is 2.33. The Kier molecular flexibility index (Phi) is 7.99. The zero-order valence-corrected chi connectivity index (χ0v) is 14.1. The molecule has 0 spiro atoms. The van der Waals surface area contributed by atoms with Gasteiger partial charge in [0.1, 0.15) is 0 Å². The Bertz CT molecular complexity index is 642. The number of allylic oxidation sites excluding steroid dienone is 3. The Hall–Kier alpha value is -1.14. The van der Waals surface area contributed by atoms with Crippen LogP contribution in [-0.4, -0.2) is 44.4 Å². The first-order valence-corrected chi connectivity index (χ1v) is 9.73. The summed E-state index contributed by atoms with van der Waals surface area (Å²) in [4.78, 5) is 4.52. The van der Waals surface area contributed by atoms with Crippen LogP contribution < -0.4 is 0 Å². The van der Waals surface area contributed by atoms with Gasteiger partial charge in [-0.25, -0.2) is 0 Å². The Morgan fingerprint density at radius 2 is 1.87 bits per heavy atom. The van der Waals surface area contributed by atoms with E-state index in [2.05, 4.69) is 28.5 Å². The van der Waals surface area contributed by atoms with Crippen molar-refractivity contribution in [3.63, 3.8) is 0 Å². The van der Waals surface area contributed by atoms with Crippen molar-refractivity contribution in [1.82, 2.24) is 0 Å². The summed E-state index contributed by atoms with van der Waals surface area (Å²) < 4.78 is 54.8. The minimum absolute atomic E-state index is 0.278. The second-order valence-electron chi connectivity index (χ2n) is 4.66. The molecule has 0 aromatic rings. The zero-order chi connectivity index (χ0) is 17.5. The predicted octanol–water partition coefficient (Wildman–Crippen LogP) is 0.715. The molecule has 2 heterocycles. The number of hydrogen-bond donors (Lipinski definition) is 4. The Morgan fingerprint density at radius 1 is 1.26 bits per heavy atom. The quantitative estimate of drug-likeness (QED) is 0.448. The Balaban J connectivity index is 0.000000248. The van der Waals surface area contributed by atoms with Gasteiger partial charge >= 0.3 is 37.9 Å². The van der Waals surface area contributed by atoms with Crippen molar-refractivity contribution in [2.24, 2.45) is 10.9 Å². The van der Waals surface area contributed by atoms with Crippen LogP contribution in [-0.2, 0) is 29.9 Å². The van der Waals surface area contributed by atoms with Crippen molar-refractivity contribution in [3.05, 3.63) is 40.9 Å². The fourth-order valence-electron chi connectivity index (χ4n) is 2.33. The van der Waals surface area contributed by atoms with Crippen molar-refractivity contribution >= 4 is 16.6 Å². The molecule has 129 valence electrons. The standard InChI is InChI=1S/C12H13N2.H2O4S.2H2O.O.V/c1-3-9-5-6-10-4-2-8-14-12(10)11(9)13-7-1;1-5(2,3)4;;;;/h1,3,5-7,9,11H,2,4,8H2;(H2,1,2,3,4);2*1H2;;/q-1;;;;;+2/p-2. The van der Waals surface area contributed by atoms with E-state index in [1.807, 2.05) is 12.3 Å². The van der Waals surface area contributed by atoms with Crippen LogP contribution in [0.15, 0.2) is 40.6 Å². The summed E-state index contributed by atoms with van der Waals surface area (Å²) in [5, 5.41) is 4.62. The van der Waals surface area contributed by atoms with Crippen molar-refractivity contribution in [2.45, 2.75) is 18.9 Å². The van der Waals surface area contributed by atoms with Gasteiger partial charge in [-0.05, 0) is 12.5 Å². The van der Waals surface area contributed by atoms with Crippen molar-refractivity contribution in [3.8, 4) is 0 Å². The minimum atomic E-state index is -4.67. The molecule has 9 nitrogen and oxygen atoms in total. The van der Waals surface area contributed by atoms with Gasteiger partial charge < -0.3 is 5.32 Å². The fraction of sp³-hybridized carbons (Fsp3) is 0.417. The van der Waals surface area contributed by atoms with Gasteiger partial charge in [0.25, 0.3) is 0 Å². The monoisotopic (exact) mass is 384 g/mol. The van der Waals surface area contributed by atoms with Gasteiger partial charge in [0, 0.05) is 12.1 Å². The van der Waals surface area contributed by atoms with Gasteiger partial charge in [-0.2, -0.15) is 8.42 Å². The van der Waals surface area contributed by atoms with Gasteiger partial charge in [0.15, 0.2) is 0 Å². The number of aliphatic imine (C=N–C) groups is 1. The molecule has 0 aromatic heterocycles. The molecule has 0 saturated heterocycles. The van der Waals surface area contributed by atoms with Crippen LogP contribution in [0.25, 0.3) is 5.32 Å². The van der Waals surface area contributed by atoms with Gasteiger partial charge in [0.2, 0.25) is 0 Å². The maximum atomic E-state index is 8.78. The second kappa shape index (κ2) is 9.23. The van der Waals surface area contributed by atoms with E-state index in [0.29, 0.717) is 5.92 Å². The summed E-state index contributed by atoms with van der Waals surface area (Å²) >= 11 is -3.44. The number of fused-ring (bicyclic) bond motifs is 2. The summed E-state index contributed by atoms with van der Waals surface area (Å²) in [5.41, 5.74) is 2.65. The molecule has 0 aromatic carbocycles. The number of hydrogen-bond acceptors (Lipinski definition) is 4. The first kappa shape index (κ1) is 19.9. The maximum absolute atomic E-state index is 8.78. The molecule has 0 amide bonds. The molecule has 0 fully saturated rings. The number of dihydropyridines is 1. The van der Waals surface area contributed by atoms with Gasteiger partial charge in [-0.15, -0.1) is 12.2 Å². The summed E-state index contributed by atoms with van der Waals surface area (Å²) in [6.07, 6.45) is 13.0. The van der Waals surface area contributed by atoms with Crippen LogP contribution in [0.2, 0.25) is 0 Å². The van der Waals surface area contributed by atoms with E-state index in [4.69, 9.17) is 29.3 Å². The number of rotatable bonds is 0. The molecule has 0 bridgehead atoms. The average Bonchev–Trinajstić information content (AvgIpc) is 2.45. The summed E-state index contributed by atoms with van der Waals surface area (Å²) in [6, 6.07) is 0.278. The van der Waals surface area contributed by atoms with Crippen LogP contribution >= 0.6 is 0 Å². The molecule has 0 radical (unpaired) electrons. The van der Waals surface area contributed by atoms with Crippen molar-refractivity contribution < 1.29 is 45.1 Å². The van der Waals surface area contributed by atoms with E-state index in [1.165, 1.54) is 24.1 Å². The van der Waals surface area contributed by atoms with E-state index in [1.54, 1.807) is 0 Å². The first-order chi connectivity index (χ1) is 10.7. The van der Waals surface area contributed by atoms with Crippen LogP contribution in [0.3, 0.4) is 0 Å². The Morgan fingerprint density at radius 3 is 2.48 bits per heavy atom. The van der Waals surface area contributed by atoms with Crippen LogP contribution in [0.4, 0.5) is 0 Å². The molecular weight excluding hydrogens is 367 g/mol. The molecule has 0 saturated carbocycles. The van der Waals surface area contributed by atoms with E-state index in [0.717, 1.165) is 6.54 Å². The van der Waals surface area contributed by atoms with Gasteiger partial charge in [0.05, 0.1) is 6.04 Å². The molecule has 3 rings (SSSR count). The molecular formula is C12H17N2O7SV-. The van der Waals surface area contributed by atoms with Crippen LogP contribution in [0, 0.1) is 5.92 Å². The molecule has 23 heavy (non-hydrogen) atoms. The third-order valence-electron chi connectivity index (χ3n) is 3.05. The van der Waals surface area contributed by atoms with E-state index in [-0.39, 0.29) is 6.04 Å². The van der Waals surface area contributed by atoms with Crippen molar-refractivity contribution in [1.29, 1.82) is 0 Å². The predicted molar refractivity (Wildman–Crippen MR) is 77.8 cm³/mol. The molecule has 2 atom stereocenters. The SMILES string of the molecule is C1=CC2C=CC3=C([N-]CCC3)C2N=C1.O=S(=O)(O)O.[O]=[V]([OH])[OH]. The van der Waals surface area contributed by atoms with Crippen LogP contribution in [0.1, 0.15) is 12.8 Å². The normalized spacial score (nSPS) is 24.2. The Labute approximate surface area is 139 Å². The second-order valence-corrected chi connectivity index (χ2v) is 6.35. The third kappa shape index (κ3) is 8.33. The number of nitrogens with zero attached hydrogens (tertiary/aromatic N) is 2. The molecule has 2 aliphatic heterocycles. The van der Waals surface area contributed by atoms with E-state index >= 15 is 0 Å². The molecule has 3 aliphatic rings. The molecule has 2 unspecified atom stereocenters. The average molecular weight is 384 g/mol. The topological polar surface area (TPSA) is 159 Å². The first-order valence-electron chi connectivity index (χ1n) is 6.52. The van der Waals surface area contributed by atoms with Crippen LogP contribution in [0.5, 0.6) is 0 Å². The van der Waals surface area contributed by atoms with Gasteiger partial charge in [-0.3, -0.25) is 14.1 Å². The summed E-state index contributed by atoms with van der Waals surface area (Å²) in [7, 11) is -4.67. The van der Waals surface area contributed by atoms with Crippen molar-refractivity contribution in [2.75, 3.05) is 6.54 Å². The molecule has 11 heteroatoms. The van der Waals surface area contributed by atoms with E-state index < -0.39 is 26.2 Å². The van der Waals surface area contributed by atoms with E-state index in [9.17, 15) is 0 Å². The van der Waals surface area contributed by atoms with Gasteiger partial charge in [-0.1, -0.05) is 30.2 Å². The summed E-state index contributed by atoms with van der Waals surface area (Å²) in [5.74, 6) is 0.445. The summed E-state index contributed by atoms with van der Waals surface area (Å²) in [6.45, 7) is 0.981. The zero-order valence-electron chi connectivity index (χ0n) is 11.9.